The monoisotopic (exact) mass is 282 g/mol. The van der Waals surface area contributed by atoms with E-state index in [-0.39, 0.29) is 0 Å². The van der Waals surface area contributed by atoms with Gasteiger partial charge in [-0.05, 0) is 42.9 Å². The van der Waals surface area contributed by atoms with Crippen LogP contribution in [-0.2, 0) is 0 Å². The van der Waals surface area contributed by atoms with Gasteiger partial charge in [0.2, 0.25) is 0 Å². The Morgan fingerprint density at radius 3 is 2.58 bits per heavy atom. The van der Waals surface area contributed by atoms with Crippen LogP contribution in [0, 0.1) is 10.8 Å². The number of amidine groups is 1. The molecule has 1 saturated carbocycles. The lowest BCUT2D eigenvalue weighted by atomic mass is 9.75. The number of hydrogen-bond donors (Lipinski definition) is 1. The number of aliphatic imine (C=N–C) groups is 1. The minimum Gasteiger partial charge on any atom is -0.362 e. The lowest BCUT2D eigenvalue weighted by Gasteiger charge is -2.38. The van der Waals surface area contributed by atoms with Crippen molar-refractivity contribution >= 4 is 16.9 Å². The summed E-state index contributed by atoms with van der Waals surface area (Å²) in [6.45, 7) is 10.4. The Kier molecular flexibility index (Phi) is 4.86. The van der Waals surface area contributed by atoms with Gasteiger partial charge in [0.05, 0.1) is 0 Å². The van der Waals surface area contributed by atoms with Gasteiger partial charge in [0.25, 0.3) is 0 Å². The summed E-state index contributed by atoms with van der Waals surface area (Å²) in [6, 6.07) is 0.644. The van der Waals surface area contributed by atoms with E-state index in [1.165, 1.54) is 49.4 Å². The second-order valence-electron chi connectivity index (χ2n) is 7.22. The average molecular weight is 282 g/mol. The van der Waals surface area contributed by atoms with Crippen molar-refractivity contribution in [2.75, 3.05) is 12.3 Å². The first-order chi connectivity index (χ1) is 8.99. The molecule has 2 aliphatic rings. The number of rotatable bonds is 3. The fraction of sp³-hybridized carbons (Fsp3) is 0.938. The molecule has 110 valence electrons. The molecule has 2 nitrogen and oxygen atoms in total. The lowest BCUT2D eigenvalue weighted by molar-refractivity contribution is 0.211. The summed E-state index contributed by atoms with van der Waals surface area (Å²) < 4.78 is 0. The molecule has 0 aromatic rings. The van der Waals surface area contributed by atoms with E-state index in [0.29, 0.717) is 16.9 Å². The van der Waals surface area contributed by atoms with Gasteiger partial charge in [-0.3, -0.25) is 4.99 Å². The summed E-state index contributed by atoms with van der Waals surface area (Å²) in [7, 11) is 0. The van der Waals surface area contributed by atoms with Gasteiger partial charge in [-0.2, -0.15) is 0 Å². The van der Waals surface area contributed by atoms with Crippen LogP contribution in [-0.4, -0.2) is 23.5 Å². The van der Waals surface area contributed by atoms with Crippen LogP contribution in [0.3, 0.4) is 0 Å². The highest BCUT2D eigenvalue weighted by Crippen LogP contribution is 2.37. The van der Waals surface area contributed by atoms with Crippen molar-refractivity contribution in [1.82, 2.24) is 5.32 Å². The standard InChI is InChI=1S/C16H30N2S/c1-5-16(6-2)11-17-14(19-12-16)18-13-8-7-9-15(3,4)10-13/h13H,5-12H2,1-4H3,(H,17,18). The molecule has 0 spiro atoms. The normalized spacial score (nSPS) is 29.7. The van der Waals surface area contributed by atoms with Gasteiger partial charge in [0.1, 0.15) is 0 Å². The third kappa shape index (κ3) is 3.90. The average Bonchev–Trinajstić information content (AvgIpc) is 2.39. The first-order valence-corrected chi connectivity index (χ1v) is 8.91. The van der Waals surface area contributed by atoms with E-state index in [4.69, 9.17) is 4.99 Å². The number of thioether (sulfide) groups is 1. The Labute approximate surface area is 123 Å². The van der Waals surface area contributed by atoms with Gasteiger partial charge in [0, 0.05) is 18.3 Å². The van der Waals surface area contributed by atoms with E-state index in [9.17, 15) is 0 Å². The minimum atomic E-state index is 0.460. The maximum Gasteiger partial charge on any atom is 0.156 e. The van der Waals surface area contributed by atoms with Gasteiger partial charge in [-0.1, -0.05) is 45.9 Å². The fourth-order valence-electron chi connectivity index (χ4n) is 3.31. The molecular weight excluding hydrogens is 252 g/mol. The van der Waals surface area contributed by atoms with Gasteiger partial charge in [-0.25, -0.2) is 0 Å². The van der Waals surface area contributed by atoms with E-state index in [2.05, 4.69) is 33.0 Å². The quantitative estimate of drug-likeness (QED) is 0.827. The summed E-state index contributed by atoms with van der Waals surface area (Å²) in [4.78, 5) is 4.84. The highest BCUT2D eigenvalue weighted by atomic mass is 32.2. The van der Waals surface area contributed by atoms with E-state index < -0.39 is 0 Å². The zero-order chi connectivity index (χ0) is 13.9. The number of nitrogens with zero attached hydrogens (tertiary/aromatic N) is 1. The summed E-state index contributed by atoms with van der Waals surface area (Å²) in [6.07, 6.45) is 7.85. The zero-order valence-electron chi connectivity index (χ0n) is 13.1. The molecule has 1 aliphatic heterocycles. The summed E-state index contributed by atoms with van der Waals surface area (Å²) in [5, 5.41) is 4.92. The summed E-state index contributed by atoms with van der Waals surface area (Å²) >= 11 is 1.95. The van der Waals surface area contributed by atoms with Crippen LogP contribution in [0.4, 0.5) is 0 Å². The van der Waals surface area contributed by atoms with Crippen molar-refractivity contribution in [3.05, 3.63) is 0 Å². The van der Waals surface area contributed by atoms with Gasteiger partial charge >= 0.3 is 0 Å². The highest BCUT2D eigenvalue weighted by Gasteiger charge is 2.32. The van der Waals surface area contributed by atoms with Crippen LogP contribution < -0.4 is 5.32 Å². The van der Waals surface area contributed by atoms with E-state index in [1.807, 2.05) is 11.8 Å². The Hall–Kier alpha value is -0.180. The molecule has 0 amide bonds. The minimum absolute atomic E-state index is 0.460. The molecule has 1 fully saturated rings. The maximum atomic E-state index is 4.84. The fourth-order valence-corrected chi connectivity index (χ4v) is 4.66. The van der Waals surface area contributed by atoms with Crippen molar-refractivity contribution < 1.29 is 0 Å². The van der Waals surface area contributed by atoms with E-state index in [1.54, 1.807) is 0 Å². The van der Waals surface area contributed by atoms with Crippen molar-refractivity contribution in [1.29, 1.82) is 0 Å². The molecule has 1 N–H and O–H groups in total. The largest absolute Gasteiger partial charge is 0.362 e. The molecule has 3 heteroatoms. The van der Waals surface area contributed by atoms with Crippen molar-refractivity contribution in [3.8, 4) is 0 Å². The van der Waals surface area contributed by atoms with Crippen LogP contribution in [0.5, 0.6) is 0 Å². The molecule has 1 unspecified atom stereocenters. The van der Waals surface area contributed by atoms with E-state index in [0.717, 1.165) is 6.54 Å². The van der Waals surface area contributed by atoms with Gasteiger partial charge in [0.15, 0.2) is 5.17 Å². The second-order valence-corrected chi connectivity index (χ2v) is 8.18. The number of hydrogen-bond acceptors (Lipinski definition) is 3. The van der Waals surface area contributed by atoms with Crippen molar-refractivity contribution in [3.63, 3.8) is 0 Å². The molecule has 0 aromatic heterocycles. The first-order valence-electron chi connectivity index (χ1n) is 7.92. The highest BCUT2D eigenvalue weighted by molar-refractivity contribution is 8.13. The van der Waals surface area contributed by atoms with Crippen LogP contribution >= 0.6 is 11.8 Å². The summed E-state index contributed by atoms with van der Waals surface area (Å²) in [5.74, 6) is 1.24. The van der Waals surface area contributed by atoms with Gasteiger partial charge < -0.3 is 5.32 Å². The predicted molar refractivity (Wildman–Crippen MR) is 86.9 cm³/mol. The van der Waals surface area contributed by atoms with Crippen LogP contribution in [0.25, 0.3) is 0 Å². The molecule has 1 heterocycles. The topological polar surface area (TPSA) is 24.4 Å². The predicted octanol–water partition coefficient (Wildman–Crippen LogP) is 4.45. The SMILES string of the molecule is CCC1(CC)CN=C(NC2CCCC(C)(C)C2)SC1. The van der Waals surface area contributed by atoms with Crippen molar-refractivity contribution in [2.45, 2.75) is 72.3 Å². The molecule has 19 heavy (non-hydrogen) atoms. The maximum absolute atomic E-state index is 4.84. The lowest BCUT2D eigenvalue weighted by Crippen LogP contribution is -2.42. The van der Waals surface area contributed by atoms with Crippen LogP contribution in [0.1, 0.15) is 66.2 Å². The molecule has 0 radical (unpaired) electrons. The molecule has 1 atom stereocenters. The molecule has 0 aromatic carbocycles. The Morgan fingerprint density at radius 2 is 2.05 bits per heavy atom. The molecular formula is C16H30N2S. The molecule has 0 saturated heterocycles. The zero-order valence-corrected chi connectivity index (χ0v) is 13.9. The van der Waals surface area contributed by atoms with Gasteiger partial charge in [-0.15, -0.1) is 0 Å². The van der Waals surface area contributed by atoms with Crippen molar-refractivity contribution in [2.24, 2.45) is 15.8 Å². The van der Waals surface area contributed by atoms with Crippen LogP contribution in [0.2, 0.25) is 0 Å². The third-order valence-electron chi connectivity index (χ3n) is 5.11. The molecule has 1 aliphatic carbocycles. The van der Waals surface area contributed by atoms with E-state index >= 15 is 0 Å². The summed E-state index contributed by atoms with van der Waals surface area (Å²) in [5.41, 5.74) is 0.966. The third-order valence-corrected chi connectivity index (χ3v) is 6.38. The Morgan fingerprint density at radius 1 is 1.32 bits per heavy atom. The van der Waals surface area contributed by atoms with Crippen LogP contribution in [0.15, 0.2) is 4.99 Å². The molecule has 0 bridgehead atoms. The number of nitrogens with one attached hydrogen (secondary N) is 1. The smallest absolute Gasteiger partial charge is 0.156 e. The Bertz CT molecular complexity index is 332. The Balaban J connectivity index is 1.89. The second kappa shape index (κ2) is 6.07. The molecule has 2 rings (SSSR count). The first kappa shape index (κ1) is 15.2.